The molecular formula is C22H26FNO4S. The van der Waals surface area contributed by atoms with Crippen molar-refractivity contribution >= 4 is 17.2 Å². The number of hydrogen-bond donors (Lipinski definition) is 2. The van der Waals surface area contributed by atoms with Crippen LogP contribution in [0.15, 0.2) is 53.6 Å². The van der Waals surface area contributed by atoms with E-state index in [9.17, 15) is 14.3 Å². The molecule has 0 saturated carbocycles. The molecule has 1 aromatic carbocycles. The summed E-state index contributed by atoms with van der Waals surface area (Å²) in [6.45, 7) is 2.72. The molecule has 156 valence electrons. The number of allylic oxidation sites excluding steroid dienone is 1. The number of aliphatic hydroxyl groups is 1. The molecule has 2 heterocycles. The van der Waals surface area contributed by atoms with Crippen molar-refractivity contribution in [1.82, 2.24) is 5.32 Å². The molecule has 0 saturated heterocycles. The van der Waals surface area contributed by atoms with Crippen LogP contribution in [0.4, 0.5) is 4.39 Å². The normalized spacial score (nSPS) is 21.3. The number of hydrogen-bond acceptors (Lipinski definition) is 5. The van der Waals surface area contributed by atoms with Crippen molar-refractivity contribution in [3.05, 3.63) is 69.9 Å². The summed E-state index contributed by atoms with van der Waals surface area (Å²) in [5, 5.41) is 14.1. The van der Waals surface area contributed by atoms with E-state index in [0.717, 1.165) is 16.9 Å². The summed E-state index contributed by atoms with van der Waals surface area (Å²) >= 11 is 1.63. The summed E-state index contributed by atoms with van der Waals surface area (Å²) in [6, 6.07) is 10.0. The molecule has 1 aliphatic rings. The Morgan fingerprint density at radius 1 is 1.31 bits per heavy atom. The van der Waals surface area contributed by atoms with Gasteiger partial charge in [0.05, 0.1) is 0 Å². The van der Waals surface area contributed by atoms with Gasteiger partial charge in [-0.25, -0.2) is 4.39 Å². The minimum atomic E-state index is -0.560. The number of benzene rings is 1. The van der Waals surface area contributed by atoms with Crippen molar-refractivity contribution in [2.24, 2.45) is 5.92 Å². The molecule has 29 heavy (non-hydrogen) atoms. The number of amides is 1. The van der Waals surface area contributed by atoms with Crippen LogP contribution in [-0.2, 0) is 20.8 Å². The quantitative estimate of drug-likeness (QED) is 0.646. The fourth-order valence-electron chi connectivity index (χ4n) is 3.45. The van der Waals surface area contributed by atoms with E-state index in [2.05, 4.69) is 5.32 Å². The van der Waals surface area contributed by atoms with Gasteiger partial charge in [0.1, 0.15) is 5.82 Å². The lowest BCUT2D eigenvalue weighted by molar-refractivity contribution is -0.166. The molecule has 1 amide bonds. The van der Waals surface area contributed by atoms with Crippen molar-refractivity contribution < 1.29 is 23.8 Å². The van der Waals surface area contributed by atoms with Crippen LogP contribution < -0.4 is 5.32 Å². The number of thiophene rings is 1. The topological polar surface area (TPSA) is 67.8 Å². The first-order valence-electron chi connectivity index (χ1n) is 9.79. The highest BCUT2D eigenvalue weighted by Crippen LogP contribution is 2.40. The molecule has 1 aromatic heterocycles. The van der Waals surface area contributed by atoms with E-state index in [4.69, 9.17) is 9.47 Å². The van der Waals surface area contributed by atoms with E-state index >= 15 is 0 Å². The highest BCUT2D eigenvalue weighted by atomic mass is 32.1. The summed E-state index contributed by atoms with van der Waals surface area (Å²) in [6.07, 6.45) is 2.66. The zero-order chi connectivity index (χ0) is 20.6. The van der Waals surface area contributed by atoms with Gasteiger partial charge in [-0.2, -0.15) is 0 Å². The highest BCUT2D eigenvalue weighted by Gasteiger charge is 2.38. The average Bonchev–Trinajstić information content (AvgIpc) is 3.26. The van der Waals surface area contributed by atoms with Crippen LogP contribution in [0.1, 0.15) is 36.1 Å². The van der Waals surface area contributed by atoms with Gasteiger partial charge >= 0.3 is 0 Å². The first kappa shape index (κ1) is 21.5. The van der Waals surface area contributed by atoms with Gasteiger partial charge in [-0.05, 0) is 55.0 Å². The maximum Gasteiger partial charge on any atom is 0.286 e. The van der Waals surface area contributed by atoms with Crippen LogP contribution in [0.3, 0.4) is 0 Å². The van der Waals surface area contributed by atoms with E-state index in [1.165, 1.54) is 12.1 Å². The smallest absolute Gasteiger partial charge is 0.286 e. The fraction of sp³-hybridized carbons (Fsp3) is 0.409. The predicted octanol–water partition coefficient (Wildman–Crippen LogP) is 3.95. The lowest BCUT2D eigenvalue weighted by Gasteiger charge is -2.36. The van der Waals surface area contributed by atoms with Crippen LogP contribution in [0, 0.1) is 11.7 Å². The Labute approximate surface area is 174 Å². The van der Waals surface area contributed by atoms with Gasteiger partial charge in [0.2, 0.25) is 6.29 Å². The van der Waals surface area contributed by atoms with Gasteiger partial charge in [0.25, 0.3) is 5.91 Å². The van der Waals surface area contributed by atoms with E-state index < -0.39 is 6.29 Å². The number of nitrogens with one attached hydrogen (secondary N) is 1. The number of aliphatic hydroxyl groups excluding tert-OH is 1. The molecule has 5 nitrogen and oxygen atoms in total. The SMILES string of the molecule is CCO[C@H]1OC(C(=O)NCc2ccc(F)cc2)=C[C@@H](c2cccs2)[C@@H]1CCCO. The Hall–Kier alpha value is -2.22. The van der Waals surface area contributed by atoms with Gasteiger partial charge in [-0.15, -0.1) is 11.3 Å². The van der Waals surface area contributed by atoms with Crippen LogP contribution in [0.2, 0.25) is 0 Å². The molecule has 0 aliphatic carbocycles. The molecular weight excluding hydrogens is 393 g/mol. The van der Waals surface area contributed by atoms with Gasteiger partial charge in [0.15, 0.2) is 5.76 Å². The zero-order valence-corrected chi connectivity index (χ0v) is 17.2. The Balaban J connectivity index is 1.78. The Morgan fingerprint density at radius 3 is 2.76 bits per heavy atom. The highest BCUT2D eigenvalue weighted by molar-refractivity contribution is 7.10. The summed E-state index contributed by atoms with van der Waals surface area (Å²) < 4.78 is 24.8. The summed E-state index contributed by atoms with van der Waals surface area (Å²) in [5.41, 5.74) is 0.799. The summed E-state index contributed by atoms with van der Waals surface area (Å²) in [5.74, 6) is -0.441. The second-order valence-electron chi connectivity index (χ2n) is 6.85. The van der Waals surface area contributed by atoms with Crippen LogP contribution in [-0.4, -0.2) is 30.5 Å². The molecule has 2 N–H and O–H groups in total. The number of carbonyl (C=O) groups is 1. The maximum absolute atomic E-state index is 13.0. The molecule has 3 atom stereocenters. The van der Waals surface area contributed by atoms with Crippen molar-refractivity contribution in [3.63, 3.8) is 0 Å². The average molecular weight is 420 g/mol. The van der Waals surface area contributed by atoms with Crippen molar-refractivity contribution in [1.29, 1.82) is 0 Å². The lowest BCUT2D eigenvalue weighted by atomic mass is 9.84. The largest absolute Gasteiger partial charge is 0.459 e. The lowest BCUT2D eigenvalue weighted by Crippen LogP contribution is -2.38. The monoisotopic (exact) mass is 419 g/mol. The molecule has 0 spiro atoms. The van der Waals surface area contributed by atoms with E-state index in [1.807, 2.05) is 30.5 Å². The molecule has 0 bridgehead atoms. The van der Waals surface area contributed by atoms with Crippen LogP contribution in [0.25, 0.3) is 0 Å². The Bertz CT molecular complexity index is 807. The van der Waals surface area contributed by atoms with Crippen LogP contribution >= 0.6 is 11.3 Å². The second-order valence-corrected chi connectivity index (χ2v) is 7.83. The van der Waals surface area contributed by atoms with E-state index in [0.29, 0.717) is 13.0 Å². The molecule has 1 aliphatic heterocycles. The van der Waals surface area contributed by atoms with Gasteiger partial charge in [-0.1, -0.05) is 18.2 Å². The first-order chi connectivity index (χ1) is 14.1. The van der Waals surface area contributed by atoms with Crippen molar-refractivity contribution in [2.75, 3.05) is 13.2 Å². The summed E-state index contributed by atoms with van der Waals surface area (Å²) in [4.78, 5) is 13.9. The van der Waals surface area contributed by atoms with Crippen molar-refractivity contribution in [2.45, 2.75) is 38.5 Å². The number of carbonyl (C=O) groups excluding carboxylic acids is 1. The molecule has 0 unspecified atom stereocenters. The minimum Gasteiger partial charge on any atom is -0.459 e. The predicted molar refractivity (Wildman–Crippen MR) is 110 cm³/mol. The van der Waals surface area contributed by atoms with E-state index in [-0.39, 0.29) is 42.5 Å². The Morgan fingerprint density at radius 2 is 2.10 bits per heavy atom. The second kappa shape index (κ2) is 10.5. The number of halogens is 1. The third-order valence-electron chi connectivity index (χ3n) is 4.87. The summed E-state index contributed by atoms with van der Waals surface area (Å²) in [7, 11) is 0. The van der Waals surface area contributed by atoms with Gasteiger partial charge in [-0.3, -0.25) is 4.79 Å². The molecule has 3 rings (SSSR count). The molecule has 2 aromatic rings. The molecule has 7 heteroatoms. The zero-order valence-electron chi connectivity index (χ0n) is 16.3. The Kier molecular flexibility index (Phi) is 7.80. The number of rotatable bonds is 9. The third-order valence-corrected chi connectivity index (χ3v) is 5.85. The molecule has 0 radical (unpaired) electrons. The third kappa shape index (κ3) is 5.65. The van der Waals surface area contributed by atoms with Gasteiger partial charge < -0.3 is 19.9 Å². The first-order valence-corrected chi connectivity index (χ1v) is 10.7. The molecule has 0 fully saturated rings. The van der Waals surface area contributed by atoms with Crippen LogP contribution in [0.5, 0.6) is 0 Å². The van der Waals surface area contributed by atoms with Gasteiger partial charge in [0, 0.05) is 36.5 Å². The van der Waals surface area contributed by atoms with Crippen molar-refractivity contribution in [3.8, 4) is 0 Å². The number of ether oxygens (including phenoxy) is 2. The van der Waals surface area contributed by atoms with E-state index in [1.54, 1.807) is 23.5 Å². The fourth-order valence-corrected chi connectivity index (χ4v) is 4.32. The standard InChI is InChI=1S/C22H26FNO4S/c1-2-27-22-17(5-3-11-25)18(20-6-4-12-29-20)13-19(28-22)21(26)24-14-15-7-9-16(23)10-8-15/h4,6-10,12-13,17-18,22,25H,2-3,5,11,14H2,1H3,(H,24,26)/t17-,18+,22-/m0/s1. The maximum atomic E-state index is 13.0. The minimum absolute atomic E-state index is 0.00870.